The van der Waals surface area contributed by atoms with Crippen molar-refractivity contribution in [3.63, 3.8) is 0 Å². The molecular formula is C29H38FN5O3. The van der Waals surface area contributed by atoms with Crippen molar-refractivity contribution >= 4 is 22.8 Å². The molecule has 0 aliphatic heterocycles. The summed E-state index contributed by atoms with van der Waals surface area (Å²) < 4.78 is 15.4. The van der Waals surface area contributed by atoms with Gasteiger partial charge in [-0.1, -0.05) is 6.07 Å². The Labute approximate surface area is 222 Å². The van der Waals surface area contributed by atoms with E-state index in [-0.39, 0.29) is 23.9 Å². The second-order valence-electron chi connectivity index (χ2n) is 11.2. The zero-order valence-electron chi connectivity index (χ0n) is 22.6. The maximum absolute atomic E-state index is 13.4. The van der Waals surface area contributed by atoms with Crippen molar-refractivity contribution in [2.75, 3.05) is 6.54 Å². The monoisotopic (exact) mass is 523 g/mol. The maximum atomic E-state index is 13.4. The molecule has 2 amide bonds. The average molecular weight is 524 g/mol. The lowest BCUT2D eigenvalue weighted by Gasteiger charge is -2.29. The zero-order valence-corrected chi connectivity index (χ0v) is 22.6. The molecule has 0 bridgehead atoms. The van der Waals surface area contributed by atoms with Gasteiger partial charge in [-0.2, -0.15) is 4.99 Å². The van der Waals surface area contributed by atoms with Crippen molar-refractivity contribution in [2.24, 2.45) is 10.9 Å². The predicted octanol–water partition coefficient (Wildman–Crippen LogP) is 3.97. The molecule has 3 aromatic rings. The molecule has 1 aromatic heterocycles. The molecule has 1 saturated carbocycles. The number of nitrogens with one attached hydrogen (secondary N) is 3. The Hall–Kier alpha value is -3.30. The van der Waals surface area contributed by atoms with E-state index in [4.69, 9.17) is 0 Å². The summed E-state index contributed by atoms with van der Waals surface area (Å²) in [6, 6.07) is 11.6. The molecule has 1 fully saturated rings. The summed E-state index contributed by atoms with van der Waals surface area (Å²) in [4.78, 5) is 33.3. The Balaban J connectivity index is 1.67. The first-order valence-corrected chi connectivity index (χ1v) is 13.3. The smallest absolute Gasteiger partial charge is 0.280 e. The van der Waals surface area contributed by atoms with Gasteiger partial charge < -0.3 is 25.3 Å². The van der Waals surface area contributed by atoms with Gasteiger partial charge in [0.05, 0.1) is 16.6 Å². The normalized spacial score (nSPS) is 18.8. The second-order valence-corrected chi connectivity index (χ2v) is 11.2. The SMILES string of the molecule is CC(C)NC(=O)[C@H]1CC[C@@H](n2/c(=N/C(=O)c3ccc(F)cc3)[nH]c3ccc(CNCC(C)(C)O)cc32)CC1. The summed E-state index contributed by atoms with van der Waals surface area (Å²) in [6.07, 6.45) is 3.06. The number of halogens is 1. The highest BCUT2D eigenvalue weighted by atomic mass is 19.1. The lowest BCUT2D eigenvalue weighted by atomic mass is 9.85. The van der Waals surface area contributed by atoms with E-state index in [0.29, 0.717) is 24.3 Å². The van der Waals surface area contributed by atoms with E-state index >= 15 is 0 Å². The van der Waals surface area contributed by atoms with Crippen molar-refractivity contribution in [1.29, 1.82) is 0 Å². The van der Waals surface area contributed by atoms with Crippen LogP contribution in [-0.4, -0.2) is 44.7 Å². The van der Waals surface area contributed by atoms with Crippen LogP contribution in [0.4, 0.5) is 4.39 Å². The fraction of sp³-hybridized carbons (Fsp3) is 0.483. The number of hydrogen-bond donors (Lipinski definition) is 4. The van der Waals surface area contributed by atoms with Crippen LogP contribution >= 0.6 is 0 Å². The highest BCUT2D eigenvalue weighted by Crippen LogP contribution is 2.33. The summed E-state index contributed by atoms with van der Waals surface area (Å²) >= 11 is 0. The number of imidazole rings is 1. The molecular weight excluding hydrogens is 485 g/mol. The third-order valence-electron chi connectivity index (χ3n) is 6.85. The Kier molecular flexibility index (Phi) is 8.47. The minimum atomic E-state index is -0.814. The molecule has 4 rings (SSSR count). The Morgan fingerprint density at radius 3 is 2.45 bits per heavy atom. The van der Waals surface area contributed by atoms with E-state index in [1.165, 1.54) is 24.3 Å². The molecule has 0 radical (unpaired) electrons. The molecule has 38 heavy (non-hydrogen) atoms. The summed E-state index contributed by atoms with van der Waals surface area (Å²) in [7, 11) is 0. The Morgan fingerprint density at radius 2 is 1.82 bits per heavy atom. The van der Waals surface area contributed by atoms with E-state index in [2.05, 4.69) is 31.2 Å². The van der Waals surface area contributed by atoms with Crippen LogP contribution in [0.5, 0.6) is 0 Å². The fourth-order valence-corrected chi connectivity index (χ4v) is 5.00. The number of rotatable bonds is 8. The highest BCUT2D eigenvalue weighted by molar-refractivity contribution is 5.95. The van der Waals surface area contributed by atoms with Crippen molar-refractivity contribution in [3.05, 3.63) is 65.0 Å². The third-order valence-corrected chi connectivity index (χ3v) is 6.85. The van der Waals surface area contributed by atoms with E-state index in [1.807, 2.05) is 26.0 Å². The number of aromatic amines is 1. The molecule has 4 N–H and O–H groups in total. The molecule has 0 spiro atoms. The van der Waals surface area contributed by atoms with Gasteiger partial charge in [0.2, 0.25) is 11.5 Å². The average Bonchev–Trinajstić information content (AvgIpc) is 3.20. The minimum absolute atomic E-state index is 0.0257. The molecule has 0 unspecified atom stereocenters. The first-order chi connectivity index (χ1) is 18.0. The van der Waals surface area contributed by atoms with Crippen LogP contribution in [0.1, 0.15) is 75.3 Å². The molecule has 1 heterocycles. The van der Waals surface area contributed by atoms with Gasteiger partial charge in [-0.3, -0.25) is 9.59 Å². The number of aliphatic hydroxyl groups is 1. The van der Waals surface area contributed by atoms with Crippen LogP contribution in [0.25, 0.3) is 11.0 Å². The fourth-order valence-electron chi connectivity index (χ4n) is 5.00. The largest absolute Gasteiger partial charge is 0.389 e. The number of fused-ring (bicyclic) bond motifs is 1. The maximum Gasteiger partial charge on any atom is 0.280 e. The molecule has 2 aromatic carbocycles. The van der Waals surface area contributed by atoms with Crippen molar-refractivity contribution in [2.45, 2.75) is 77.6 Å². The predicted molar refractivity (Wildman–Crippen MR) is 145 cm³/mol. The minimum Gasteiger partial charge on any atom is -0.389 e. The Bertz CT molecular complexity index is 1340. The van der Waals surface area contributed by atoms with Gasteiger partial charge in [0.25, 0.3) is 5.91 Å². The van der Waals surface area contributed by atoms with Gasteiger partial charge in [0, 0.05) is 36.7 Å². The van der Waals surface area contributed by atoms with Crippen molar-refractivity contribution in [1.82, 2.24) is 20.2 Å². The molecule has 1 aliphatic rings. The van der Waals surface area contributed by atoms with Crippen LogP contribution in [0.15, 0.2) is 47.5 Å². The highest BCUT2D eigenvalue weighted by Gasteiger charge is 2.29. The van der Waals surface area contributed by atoms with Crippen LogP contribution in [-0.2, 0) is 11.3 Å². The number of amides is 2. The summed E-state index contributed by atoms with van der Waals surface area (Å²) in [5, 5.41) is 16.3. The Morgan fingerprint density at radius 1 is 1.13 bits per heavy atom. The van der Waals surface area contributed by atoms with Gasteiger partial charge >= 0.3 is 0 Å². The number of carbonyl (C=O) groups is 2. The molecule has 0 saturated heterocycles. The number of aromatic nitrogens is 2. The summed E-state index contributed by atoms with van der Waals surface area (Å²) in [5.41, 5.74) is 2.74. The zero-order chi connectivity index (χ0) is 27.4. The molecule has 8 nitrogen and oxygen atoms in total. The van der Waals surface area contributed by atoms with Crippen LogP contribution in [0.2, 0.25) is 0 Å². The van der Waals surface area contributed by atoms with Gasteiger partial charge in [0.1, 0.15) is 5.82 Å². The van der Waals surface area contributed by atoms with E-state index in [9.17, 15) is 19.1 Å². The third kappa shape index (κ3) is 6.96. The van der Waals surface area contributed by atoms with Crippen LogP contribution < -0.4 is 16.3 Å². The number of nitrogens with zero attached hydrogens (tertiary/aromatic N) is 2. The van der Waals surface area contributed by atoms with Gasteiger partial charge in [-0.25, -0.2) is 4.39 Å². The van der Waals surface area contributed by atoms with Crippen LogP contribution in [0.3, 0.4) is 0 Å². The summed E-state index contributed by atoms with van der Waals surface area (Å²) in [5.74, 6) is -0.796. The van der Waals surface area contributed by atoms with Crippen molar-refractivity contribution < 1.29 is 19.1 Å². The van der Waals surface area contributed by atoms with E-state index < -0.39 is 17.3 Å². The second kappa shape index (κ2) is 11.6. The number of hydrogen-bond acceptors (Lipinski definition) is 4. The van der Waals surface area contributed by atoms with Crippen molar-refractivity contribution in [3.8, 4) is 0 Å². The number of H-pyrrole nitrogens is 1. The lowest BCUT2D eigenvalue weighted by Crippen LogP contribution is -2.38. The lowest BCUT2D eigenvalue weighted by molar-refractivity contribution is -0.126. The molecule has 9 heteroatoms. The van der Waals surface area contributed by atoms with Crippen LogP contribution in [0, 0.1) is 11.7 Å². The van der Waals surface area contributed by atoms with Gasteiger partial charge in [-0.15, -0.1) is 0 Å². The first kappa shape index (κ1) is 27.7. The van der Waals surface area contributed by atoms with Gasteiger partial charge in [-0.05, 0) is 95.3 Å². The first-order valence-electron chi connectivity index (χ1n) is 13.3. The topological polar surface area (TPSA) is 112 Å². The van der Waals surface area contributed by atoms with Gasteiger partial charge in [0.15, 0.2) is 0 Å². The molecule has 1 aliphatic carbocycles. The quantitative estimate of drug-likeness (QED) is 0.358. The number of carbonyl (C=O) groups excluding carboxylic acids is 2. The summed E-state index contributed by atoms with van der Waals surface area (Å²) in [6.45, 7) is 8.47. The standard InChI is InChI=1S/C29H38FN5O3/c1-18(2)32-26(36)21-8-12-23(13-9-21)35-25-15-19(16-31-17-29(3,4)38)5-14-24(25)33-28(35)34-27(37)20-6-10-22(30)11-7-20/h5-7,10-11,14-15,18,21,23,31,38H,8-9,12-13,16-17H2,1-4H3,(H,32,36)(H,33,34,37)/t21-,23+. The number of benzene rings is 2. The molecule has 0 atom stereocenters. The van der Waals surface area contributed by atoms with E-state index in [1.54, 1.807) is 13.8 Å². The molecule has 204 valence electrons. The van der Waals surface area contributed by atoms with E-state index in [0.717, 1.165) is 42.3 Å².